The minimum atomic E-state index is 0.0218. The predicted molar refractivity (Wildman–Crippen MR) is 85.9 cm³/mol. The first-order chi connectivity index (χ1) is 9.61. The fourth-order valence-corrected chi connectivity index (χ4v) is 3.36. The average molecular weight is 314 g/mol. The van der Waals surface area contributed by atoms with Crippen molar-refractivity contribution in [2.75, 3.05) is 30.7 Å². The minimum absolute atomic E-state index is 0.0218. The van der Waals surface area contributed by atoms with Gasteiger partial charge in [-0.05, 0) is 12.5 Å². The summed E-state index contributed by atoms with van der Waals surface area (Å²) in [5, 5.41) is 4.14. The standard InChI is InChI=1S/C14H20ClN3OS/c1-3-4-16-13-12(15)7-11(8-17-13)14(19)18-5-6-20-10(2)9-18/h7-8,10H,3-6,9H2,1-2H3,(H,16,17). The molecule has 1 atom stereocenters. The largest absolute Gasteiger partial charge is 0.369 e. The number of anilines is 1. The Morgan fingerprint density at radius 3 is 3.10 bits per heavy atom. The van der Waals surface area contributed by atoms with Crippen LogP contribution < -0.4 is 5.32 Å². The van der Waals surface area contributed by atoms with Gasteiger partial charge in [-0.25, -0.2) is 4.98 Å². The minimum Gasteiger partial charge on any atom is -0.369 e. The Kier molecular flexibility index (Phi) is 5.54. The Bertz CT molecular complexity index is 483. The smallest absolute Gasteiger partial charge is 0.255 e. The maximum Gasteiger partial charge on any atom is 0.255 e. The zero-order valence-corrected chi connectivity index (χ0v) is 13.4. The number of hydrogen-bond acceptors (Lipinski definition) is 4. The van der Waals surface area contributed by atoms with Crippen LogP contribution in [0.5, 0.6) is 0 Å². The Hall–Kier alpha value is -0.940. The summed E-state index contributed by atoms with van der Waals surface area (Å²) in [5.74, 6) is 1.66. The molecule has 1 fully saturated rings. The normalized spacial score (nSPS) is 18.9. The van der Waals surface area contributed by atoms with E-state index in [-0.39, 0.29) is 5.91 Å². The first kappa shape index (κ1) is 15.4. The molecule has 1 aliphatic heterocycles. The van der Waals surface area contributed by atoms with E-state index < -0.39 is 0 Å². The molecule has 1 unspecified atom stereocenters. The summed E-state index contributed by atoms with van der Waals surface area (Å²) in [6.45, 7) is 6.63. The topological polar surface area (TPSA) is 45.2 Å². The fourth-order valence-electron chi connectivity index (χ4n) is 2.11. The Morgan fingerprint density at radius 2 is 2.45 bits per heavy atom. The number of hydrogen-bond donors (Lipinski definition) is 1. The zero-order chi connectivity index (χ0) is 14.5. The summed E-state index contributed by atoms with van der Waals surface area (Å²) in [5.41, 5.74) is 0.566. The number of carbonyl (C=O) groups excluding carboxylic acids is 1. The number of thioether (sulfide) groups is 1. The molecule has 0 bridgehead atoms. The number of carbonyl (C=O) groups is 1. The van der Waals surface area contributed by atoms with Crippen LogP contribution in [0.2, 0.25) is 5.02 Å². The molecule has 0 spiro atoms. The third kappa shape index (κ3) is 3.79. The third-order valence-corrected chi connectivity index (χ3v) is 4.58. The van der Waals surface area contributed by atoms with Crippen LogP contribution >= 0.6 is 23.4 Å². The molecule has 1 aromatic heterocycles. The van der Waals surface area contributed by atoms with Gasteiger partial charge in [0, 0.05) is 36.8 Å². The average Bonchev–Trinajstić information content (AvgIpc) is 2.45. The van der Waals surface area contributed by atoms with Crippen molar-refractivity contribution in [3.8, 4) is 0 Å². The lowest BCUT2D eigenvalue weighted by Crippen LogP contribution is -2.41. The van der Waals surface area contributed by atoms with E-state index in [4.69, 9.17) is 11.6 Å². The number of aromatic nitrogens is 1. The molecule has 2 heterocycles. The van der Waals surface area contributed by atoms with Crippen LogP contribution in [-0.4, -0.2) is 46.4 Å². The van der Waals surface area contributed by atoms with Gasteiger partial charge in [0.25, 0.3) is 5.91 Å². The van der Waals surface area contributed by atoms with Crippen molar-refractivity contribution in [1.29, 1.82) is 0 Å². The van der Waals surface area contributed by atoms with E-state index in [2.05, 4.69) is 24.1 Å². The van der Waals surface area contributed by atoms with Crippen LogP contribution in [0.3, 0.4) is 0 Å². The summed E-state index contributed by atoms with van der Waals surface area (Å²) < 4.78 is 0. The number of nitrogens with zero attached hydrogens (tertiary/aromatic N) is 2. The summed E-state index contributed by atoms with van der Waals surface area (Å²) in [6, 6.07) is 1.71. The molecule has 2 rings (SSSR count). The van der Waals surface area contributed by atoms with Crippen LogP contribution in [0.15, 0.2) is 12.3 Å². The molecule has 1 saturated heterocycles. The van der Waals surface area contributed by atoms with Gasteiger partial charge in [0.2, 0.25) is 0 Å². The first-order valence-electron chi connectivity index (χ1n) is 6.92. The zero-order valence-electron chi connectivity index (χ0n) is 11.9. The number of rotatable bonds is 4. The molecule has 0 aromatic carbocycles. The van der Waals surface area contributed by atoms with Crippen LogP contribution in [0.25, 0.3) is 0 Å². The van der Waals surface area contributed by atoms with Crippen LogP contribution in [-0.2, 0) is 0 Å². The van der Waals surface area contributed by atoms with E-state index >= 15 is 0 Å². The fraction of sp³-hybridized carbons (Fsp3) is 0.571. The molecule has 20 heavy (non-hydrogen) atoms. The molecule has 0 radical (unpaired) electrons. The van der Waals surface area contributed by atoms with E-state index in [1.807, 2.05) is 16.7 Å². The quantitative estimate of drug-likeness (QED) is 0.927. The number of nitrogens with one attached hydrogen (secondary N) is 1. The van der Waals surface area contributed by atoms with Crippen molar-refractivity contribution in [2.24, 2.45) is 0 Å². The van der Waals surface area contributed by atoms with Crippen molar-refractivity contribution in [1.82, 2.24) is 9.88 Å². The molecule has 4 nitrogen and oxygen atoms in total. The van der Waals surface area contributed by atoms with Gasteiger partial charge < -0.3 is 10.2 Å². The van der Waals surface area contributed by atoms with Gasteiger partial charge in [-0.15, -0.1) is 0 Å². The monoisotopic (exact) mass is 313 g/mol. The molecule has 1 amide bonds. The number of halogens is 1. The van der Waals surface area contributed by atoms with Crippen molar-refractivity contribution in [3.05, 3.63) is 22.8 Å². The van der Waals surface area contributed by atoms with Gasteiger partial charge in [-0.2, -0.15) is 11.8 Å². The lowest BCUT2D eigenvalue weighted by atomic mass is 10.2. The Morgan fingerprint density at radius 1 is 1.65 bits per heavy atom. The highest BCUT2D eigenvalue weighted by molar-refractivity contribution is 7.99. The lowest BCUT2D eigenvalue weighted by molar-refractivity contribution is 0.0763. The molecule has 110 valence electrons. The van der Waals surface area contributed by atoms with Gasteiger partial charge >= 0.3 is 0 Å². The first-order valence-corrected chi connectivity index (χ1v) is 8.34. The van der Waals surface area contributed by atoms with Crippen molar-refractivity contribution in [3.63, 3.8) is 0 Å². The summed E-state index contributed by atoms with van der Waals surface area (Å²) >= 11 is 8.08. The van der Waals surface area contributed by atoms with Gasteiger partial charge in [0.1, 0.15) is 5.82 Å². The van der Waals surface area contributed by atoms with Gasteiger partial charge in [-0.1, -0.05) is 25.4 Å². The molecular weight excluding hydrogens is 294 g/mol. The summed E-state index contributed by atoms with van der Waals surface area (Å²) in [4.78, 5) is 18.6. The Labute approximate surface area is 129 Å². The summed E-state index contributed by atoms with van der Waals surface area (Å²) in [6.07, 6.45) is 2.61. The molecule has 1 N–H and O–H groups in total. The highest BCUT2D eigenvalue weighted by Crippen LogP contribution is 2.23. The highest BCUT2D eigenvalue weighted by atomic mass is 35.5. The van der Waals surface area contributed by atoms with E-state index in [1.165, 1.54) is 0 Å². The summed E-state index contributed by atoms with van der Waals surface area (Å²) in [7, 11) is 0. The highest BCUT2D eigenvalue weighted by Gasteiger charge is 2.23. The second-order valence-corrected chi connectivity index (χ2v) is 6.87. The van der Waals surface area contributed by atoms with Gasteiger partial charge in [0.15, 0.2) is 0 Å². The van der Waals surface area contributed by atoms with Crippen LogP contribution in [0.1, 0.15) is 30.6 Å². The van der Waals surface area contributed by atoms with Crippen molar-refractivity contribution in [2.45, 2.75) is 25.5 Å². The molecule has 1 aromatic rings. The van der Waals surface area contributed by atoms with E-state index in [0.717, 1.165) is 31.8 Å². The SMILES string of the molecule is CCCNc1ncc(C(=O)N2CCSC(C)C2)cc1Cl. The third-order valence-electron chi connectivity index (χ3n) is 3.16. The maximum absolute atomic E-state index is 12.4. The van der Waals surface area contributed by atoms with E-state index in [1.54, 1.807) is 12.3 Å². The van der Waals surface area contributed by atoms with Gasteiger partial charge in [0.05, 0.1) is 10.6 Å². The van der Waals surface area contributed by atoms with Gasteiger partial charge in [-0.3, -0.25) is 4.79 Å². The van der Waals surface area contributed by atoms with Crippen molar-refractivity contribution < 1.29 is 4.79 Å². The molecule has 0 saturated carbocycles. The molecular formula is C14H20ClN3OS. The van der Waals surface area contributed by atoms with Crippen LogP contribution in [0, 0.1) is 0 Å². The van der Waals surface area contributed by atoms with E-state index in [9.17, 15) is 4.79 Å². The predicted octanol–water partition coefficient (Wildman–Crippen LogP) is 3.13. The molecule has 6 heteroatoms. The van der Waals surface area contributed by atoms with Crippen LogP contribution in [0.4, 0.5) is 5.82 Å². The second-order valence-electron chi connectivity index (χ2n) is 4.91. The Balaban J connectivity index is 2.08. The molecule has 0 aliphatic carbocycles. The lowest BCUT2D eigenvalue weighted by Gasteiger charge is -2.30. The number of pyridine rings is 1. The maximum atomic E-state index is 12.4. The molecule has 1 aliphatic rings. The number of amides is 1. The van der Waals surface area contributed by atoms with E-state index in [0.29, 0.717) is 21.7 Å². The van der Waals surface area contributed by atoms with Crippen molar-refractivity contribution >= 4 is 35.1 Å². The second kappa shape index (κ2) is 7.18.